The van der Waals surface area contributed by atoms with Crippen molar-refractivity contribution in [3.05, 3.63) is 12.2 Å². The van der Waals surface area contributed by atoms with E-state index in [9.17, 15) is 0 Å². The molecular formula is C10H19IO2. The van der Waals surface area contributed by atoms with Crippen LogP contribution in [-0.4, -0.2) is 24.4 Å². The Hall–Kier alpha value is 0.390. The SMILES string of the molecule is CCCOCOCCC=CCCI. The monoisotopic (exact) mass is 298 g/mol. The van der Waals surface area contributed by atoms with Crippen LogP contribution in [-0.2, 0) is 9.47 Å². The van der Waals surface area contributed by atoms with E-state index in [1.165, 1.54) is 4.43 Å². The maximum atomic E-state index is 5.24. The molecule has 0 unspecified atom stereocenters. The molecule has 0 fully saturated rings. The number of hydrogen-bond donors (Lipinski definition) is 0. The van der Waals surface area contributed by atoms with E-state index in [1.54, 1.807) is 0 Å². The second kappa shape index (κ2) is 12.4. The van der Waals surface area contributed by atoms with E-state index in [1.807, 2.05) is 0 Å². The van der Waals surface area contributed by atoms with Crippen molar-refractivity contribution in [3.8, 4) is 0 Å². The van der Waals surface area contributed by atoms with Crippen LogP contribution >= 0.6 is 22.6 Å². The molecule has 0 heterocycles. The van der Waals surface area contributed by atoms with Crippen molar-refractivity contribution in [2.45, 2.75) is 26.2 Å². The van der Waals surface area contributed by atoms with Crippen LogP contribution in [0, 0.1) is 0 Å². The van der Waals surface area contributed by atoms with Crippen LogP contribution in [0.5, 0.6) is 0 Å². The Morgan fingerprint density at radius 3 is 2.46 bits per heavy atom. The Labute approximate surface area is 94.8 Å². The quantitative estimate of drug-likeness (QED) is 0.214. The molecule has 0 aliphatic rings. The third kappa shape index (κ3) is 12.4. The summed E-state index contributed by atoms with van der Waals surface area (Å²) in [6.07, 6.45) is 7.57. The van der Waals surface area contributed by atoms with Crippen LogP contribution in [0.4, 0.5) is 0 Å². The predicted octanol–water partition coefficient (Wildman–Crippen LogP) is 3.16. The minimum atomic E-state index is 0.438. The molecule has 3 heteroatoms. The van der Waals surface area contributed by atoms with Gasteiger partial charge in [-0.3, -0.25) is 0 Å². The summed E-state index contributed by atoms with van der Waals surface area (Å²) in [6.45, 7) is 4.09. The van der Waals surface area contributed by atoms with Gasteiger partial charge in [-0.05, 0) is 19.3 Å². The fourth-order valence-corrected chi connectivity index (χ4v) is 1.13. The number of rotatable bonds is 9. The highest BCUT2D eigenvalue weighted by Crippen LogP contribution is 1.92. The molecule has 2 nitrogen and oxygen atoms in total. The topological polar surface area (TPSA) is 18.5 Å². The highest BCUT2D eigenvalue weighted by molar-refractivity contribution is 14.1. The largest absolute Gasteiger partial charge is 0.355 e. The van der Waals surface area contributed by atoms with Crippen LogP contribution < -0.4 is 0 Å². The Bertz CT molecular complexity index is 115. The van der Waals surface area contributed by atoms with Crippen LogP contribution in [0.3, 0.4) is 0 Å². The standard InChI is InChI=1S/C10H19IO2/c1-2-8-12-10-13-9-6-4-3-5-7-11/h3-4H,2,5-10H2,1H3. The van der Waals surface area contributed by atoms with Gasteiger partial charge in [0, 0.05) is 11.0 Å². The molecule has 0 aromatic heterocycles. The van der Waals surface area contributed by atoms with Gasteiger partial charge < -0.3 is 9.47 Å². The minimum absolute atomic E-state index is 0.438. The van der Waals surface area contributed by atoms with E-state index in [-0.39, 0.29) is 0 Å². The van der Waals surface area contributed by atoms with Gasteiger partial charge in [-0.25, -0.2) is 0 Å². The summed E-state index contributed by atoms with van der Waals surface area (Å²) < 4.78 is 11.6. The fraction of sp³-hybridized carbons (Fsp3) is 0.800. The summed E-state index contributed by atoms with van der Waals surface area (Å²) in [4.78, 5) is 0. The second-order valence-corrected chi connectivity index (χ2v) is 3.75. The molecule has 0 saturated heterocycles. The Balaban J connectivity index is 2.91. The predicted molar refractivity (Wildman–Crippen MR) is 64.3 cm³/mol. The fourth-order valence-electron chi connectivity index (χ4n) is 0.771. The lowest BCUT2D eigenvalue weighted by atomic mass is 10.3. The van der Waals surface area contributed by atoms with E-state index in [4.69, 9.17) is 9.47 Å². The highest BCUT2D eigenvalue weighted by Gasteiger charge is 1.85. The molecule has 78 valence electrons. The van der Waals surface area contributed by atoms with Crippen molar-refractivity contribution in [1.29, 1.82) is 0 Å². The molecule has 0 aromatic carbocycles. The Kier molecular flexibility index (Phi) is 12.8. The number of alkyl halides is 1. The van der Waals surface area contributed by atoms with Crippen molar-refractivity contribution in [2.75, 3.05) is 24.4 Å². The highest BCUT2D eigenvalue weighted by atomic mass is 127. The summed E-state index contributed by atoms with van der Waals surface area (Å²) in [5.41, 5.74) is 0. The van der Waals surface area contributed by atoms with Crippen LogP contribution in [0.2, 0.25) is 0 Å². The molecule has 0 radical (unpaired) electrons. The molecule has 0 aromatic rings. The van der Waals surface area contributed by atoms with Crippen molar-refractivity contribution in [3.63, 3.8) is 0 Å². The molecule has 0 aliphatic heterocycles. The van der Waals surface area contributed by atoms with Crippen molar-refractivity contribution < 1.29 is 9.47 Å². The number of hydrogen-bond acceptors (Lipinski definition) is 2. The zero-order valence-electron chi connectivity index (χ0n) is 8.30. The summed E-state index contributed by atoms with van der Waals surface area (Å²) in [5.74, 6) is 0. The van der Waals surface area contributed by atoms with Crippen LogP contribution in [0.15, 0.2) is 12.2 Å². The molecule has 0 aliphatic carbocycles. The van der Waals surface area contributed by atoms with E-state index in [0.717, 1.165) is 32.5 Å². The second-order valence-electron chi connectivity index (χ2n) is 2.67. The van der Waals surface area contributed by atoms with Gasteiger partial charge in [-0.1, -0.05) is 41.7 Å². The lowest BCUT2D eigenvalue weighted by Crippen LogP contribution is -2.01. The molecule has 0 spiro atoms. The van der Waals surface area contributed by atoms with Gasteiger partial charge in [0.1, 0.15) is 6.79 Å². The number of halogens is 1. The maximum Gasteiger partial charge on any atom is 0.146 e. The molecule has 0 atom stereocenters. The summed E-state index contributed by atoms with van der Waals surface area (Å²) in [5, 5.41) is 0. The van der Waals surface area contributed by atoms with Gasteiger partial charge >= 0.3 is 0 Å². The molecule has 0 N–H and O–H groups in total. The molecule has 0 rings (SSSR count). The van der Waals surface area contributed by atoms with E-state index in [0.29, 0.717) is 6.79 Å². The van der Waals surface area contributed by atoms with Crippen molar-refractivity contribution in [2.24, 2.45) is 0 Å². The van der Waals surface area contributed by atoms with Gasteiger partial charge in [-0.15, -0.1) is 0 Å². The first-order valence-corrected chi connectivity index (χ1v) is 6.30. The normalized spacial score (nSPS) is 11.2. The van der Waals surface area contributed by atoms with Gasteiger partial charge in [0.25, 0.3) is 0 Å². The van der Waals surface area contributed by atoms with Gasteiger partial charge in [0.05, 0.1) is 6.61 Å². The lowest BCUT2D eigenvalue weighted by molar-refractivity contribution is -0.0519. The average Bonchev–Trinajstić information content (AvgIpc) is 2.16. The first-order chi connectivity index (χ1) is 6.41. The number of ether oxygens (including phenoxy) is 2. The Morgan fingerprint density at radius 2 is 1.77 bits per heavy atom. The van der Waals surface area contributed by atoms with E-state index >= 15 is 0 Å². The summed E-state index contributed by atoms with van der Waals surface area (Å²) in [7, 11) is 0. The minimum Gasteiger partial charge on any atom is -0.355 e. The molecule has 0 bridgehead atoms. The average molecular weight is 298 g/mol. The zero-order chi connectivity index (χ0) is 9.78. The zero-order valence-corrected chi connectivity index (χ0v) is 10.5. The Morgan fingerprint density at radius 1 is 1.08 bits per heavy atom. The van der Waals surface area contributed by atoms with E-state index in [2.05, 4.69) is 41.7 Å². The molecule has 13 heavy (non-hydrogen) atoms. The third-order valence-electron chi connectivity index (χ3n) is 1.39. The van der Waals surface area contributed by atoms with E-state index < -0.39 is 0 Å². The first kappa shape index (κ1) is 13.4. The molecule has 0 saturated carbocycles. The maximum absolute atomic E-state index is 5.24. The molecule has 0 amide bonds. The van der Waals surface area contributed by atoms with Gasteiger partial charge in [0.2, 0.25) is 0 Å². The first-order valence-electron chi connectivity index (χ1n) is 4.78. The lowest BCUT2D eigenvalue weighted by Gasteiger charge is -2.02. The number of allylic oxidation sites excluding steroid dienone is 1. The van der Waals surface area contributed by atoms with Crippen molar-refractivity contribution in [1.82, 2.24) is 0 Å². The van der Waals surface area contributed by atoms with Crippen LogP contribution in [0.1, 0.15) is 26.2 Å². The van der Waals surface area contributed by atoms with Gasteiger partial charge in [0.15, 0.2) is 0 Å². The third-order valence-corrected chi connectivity index (χ3v) is 2.01. The molecular weight excluding hydrogens is 279 g/mol. The van der Waals surface area contributed by atoms with Crippen molar-refractivity contribution >= 4 is 22.6 Å². The van der Waals surface area contributed by atoms with Crippen LogP contribution in [0.25, 0.3) is 0 Å². The summed E-state index contributed by atoms with van der Waals surface area (Å²) in [6, 6.07) is 0. The smallest absolute Gasteiger partial charge is 0.146 e. The summed E-state index contributed by atoms with van der Waals surface area (Å²) >= 11 is 2.37. The van der Waals surface area contributed by atoms with Gasteiger partial charge in [-0.2, -0.15) is 0 Å².